The van der Waals surface area contributed by atoms with Gasteiger partial charge in [-0.3, -0.25) is 0 Å². The molecule has 0 radical (unpaired) electrons. The fraction of sp³-hybridized carbons (Fsp3) is 0.389. The molecule has 0 spiro atoms. The van der Waals surface area contributed by atoms with E-state index in [1.165, 1.54) is 12.1 Å². The number of hydrogen-bond donors (Lipinski definition) is 1. The van der Waals surface area contributed by atoms with E-state index in [-0.39, 0.29) is 17.5 Å². The Morgan fingerprint density at radius 2 is 1.86 bits per heavy atom. The molecule has 0 aliphatic rings. The number of benzene rings is 1. The maximum atomic E-state index is 13.6. The monoisotopic (exact) mass is 396 g/mol. The van der Waals surface area contributed by atoms with Crippen molar-refractivity contribution in [2.45, 2.75) is 26.1 Å². The lowest BCUT2D eigenvalue weighted by atomic mass is 10.1. The summed E-state index contributed by atoms with van der Waals surface area (Å²) in [6.45, 7) is 3.74. The molecule has 0 bridgehead atoms. The van der Waals surface area contributed by atoms with Crippen molar-refractivity contribution < 1.29 is 17.6 Å². The molecule has 28 heavy (non-hydrogen) atoms. The standard InChI is InChI=1S/C18H20F4N6/c1-10-11(2)16-24-25-17(18(20,21)22)28(16)26-15(10)23-9-14(27(3)4)12-6-5-7-13(19)8-12/h5-8,14H,9H2,1-4H3,(H,23,26). The van der Waals surface area contributed by atoms with Gasteiger partial charge in [-0.25, -0.2) is 4.39 Å². The second-order valence-electron chi connectivity index (χ2n) is 6.77. The molecule has 1 aromatic carbocycles. The number of likely N-dealkylation sites (N-methyl/N-ethyl adjacent to an activating group) is 1. The number of aryl methyl sites for hydroxylation is 1. The van der Waals surface area contributed by atoms with Crippen LogP contribution in [-0.4, -0.2) is 45.4 Å². The Morgan fingerprint density at radius 3 is 2.46 bits per heavy atom. The Labute approximate surface area is 159 Å². The molecule has 6 nitrogen and oxygen atoms in total. The summed E-state index contributed by atoms with van der Waals surface area (Å²) < 4.78 is 53.8. The summed E-state index contributed by atoms with van der Waals surface area (Å²) in [4.78, 5) is 1.89. The molecule has 1 unspecified atom stereocenters. The van der Waals surface area contributed by atoms with Gasteiger partial charge in [0, 0.05) is 12.1 Å². The number of fused-ring (bicyclic) bond motifs is 1. The van der Waals surface area contributed by atoms with E-state index < -0.39 is 12.0 Å². The number of alkyl halides is 3. The first-order valence-corrected chi connectivity index (χ1v) is 8.55. The van der Waals surface area contributed by atoms with E-state index in [2.05, 4.69) is 20.6 Å². The van der Waals surface area contributed by atoms with Crippen LogP contribution < -0.4 is 5.32 Å². The molecule has 0 fully saturated rings. The smallest absolute Gasteiger partial charge is 0.366 e. The highest BCUT2D eigenvalue weighted by molar-refractivity contribution is 5.58. The minimum atomic E-state index is -4.67. The molecule has 2 heterocycles. The van der Waals surface area contributed by atoms with Gasteiger partial charge in [-0.05, 0) is 51.2 Å². The summed E-state index contributed by atoms with van der Waals surface area (Å²) in [6, 6.07) is 6.00. The third-order valence-electron chi connectivity index (χ3n) is 4.67. The zero-order chi connectivity index (χ0) is 20.6. The van der Waals surface area contributed by atoms with E-state index in [1.54, 1.807) is 26.0 Å². The van der Waals surface area contributed by atoms with Crippen molar-refractivity contribution >= 4 is 11.5 Å². The van der Waals surface area contributed by atoms with Crippen molar-refractivity contribution in [2.24, 2.45) is 0 Å². The second kappa shape index (κ2) is 7.34. The Hall–Kier alpha value is -2.75. The Morgan fingerprint density at radius 1 is 1.14 bits per heavy atom. The van der Waals surface area contributed by atoms with Gasteiger partial charge in [0.2, 0.25) is 0 Å². The highest BCUT2D eigenvalue weighted by atomic mass is 19.4. The molecule has 1 N–H and O–H groups in total. The van der Waals surface area contributed by atoms with Crippen LogP contribution in [0.15, 0.2) is 24.3 Å². The number of rotatable bonds is 5. The lowest BCUT2D eigenvalue weighted by Gasteiger charge is -2.26. The van der Waals surface area contributed by atoms with Crippen LogP contribution in [0.25, 0.3) is 5.65 Å². The van der Waals surface area contributed by atoms with E-state index in [0.717, 1.165) is 5.56 Å². The minimum absolute atomic E-state index is 0.0599. The lowest BCUT2D eigenvalue weighted by Crippen LogP contribution is -2.27. The lowest BCUT2D eigenvalue weighted by molar-refractivity contribution is -0.146. The average molecular weight is 396 g/mol. The highest BCUT2D eigenvalue weighted by Crippen LogP contribution is 2.30. The fourth-order valence-electron chi connectivity index (χ4n) is 2.98. The largest absolute Gasteiger partial charge is 0.453 e. The number of nitrogens with zero attached hydrogens (tertiary/aromatic N) is 5. The molecule has 0 saturated carbocycles. The summed E-state index contributed by atoms with van der Waals surface area (Å²) in [5, 5.41) is 14.0. The van der Waals surface area contributed by atoms with Crippen LogP contribution in [0.3, 0.4) is 0 Å². The quantitative estimate of drug-likeness (QED) is 0.668. The van der Waals surface area contributed by atoms with Crippen molar-refractivity contribution in [1.82, 2.24) is 24.7 Å². The van der Waals surface area contributed by atoms with Crippen molar-refractivity contribution in [1.29, 1.82) is 0 Å². The van der Waals surface area contributed by atoms with E-state index >= 15 is 0 Å². The topological polar surface area (TPSA) is 58.4 Å². The SMILES string of the molecule is Cc1c(NCC(c2cccc(F)c2)N(C)C)nn2c(C(F)(F)F)nnc2c1C. The molecule has 0 aliphatic heterocycles. The summed E-state index contributed by atoms with van der Waals surface area (Å²) in [7, 11) is 3.68. The molecule has 0 saturated heterocycles. The Balaban J connectivity index is 1.96. The third-order valence-corrected chi connectivity index (χ3v) is 4.67. The summed E-state index contributed by atoms with van der Waals surface area (Å²) in [5.41, 5.74) is 2.02. The molecular weight excluding hydrogens is 376 g/mol. The van der Waals surface area contributed by atoms with Gasteiger partial charge in [0.05, 0.1) is 6.04 Å². The second-order valence-corrected chi connectivity index (χ2v) is 6.77. The first kappa shape index (κ1) is 20.0. The maximum Gasteiger partial charge on any atom is 0.453 e. The normalized spacial score (nSPS) is 13.3. The zero-order valence-corrected chi connectivity index (χ0v) is 15.8. The molecular formula is C18H20F4N6. The number of hydrogen-bond acceptors (Lipinski definition) is 5. The highest BCUT2D eigenvalue weighted by Gasteiger charge is 2.38. The minimum Gasteiger partial charge on any atom is -0.366 e. The van der Waals surface area contributed by atoms with Gasteiger partial charge in [0.1, 0.15) is 11.6 Å². The molecule has 0 amide bonds. The van der Waals surface area contributed by atoms with Gasteiger partial charge in [0.25, 0.3) is 5.82 Å². The maximum absolute atomic E-state index is 13.6. The van der Waals surface area contributed by atoms with Crippen LogP contribution >= 0.6 is 0 Å². The molecule has 2 aromatic heterocycles. The summed E-state index contributed by atoms with van der Waals surface area (Å²) >= 11 is 0. The molecule has 0 aliphatic carbocycles. The third kappa shape index (κ3) is 3.77. The predicted molar refractivity (Wildman–Crippen MR) is 96.6 cm³/mol. The first-order valence-electron chi connectivity index (χ1n) is 8.55. The van der Waals surface area contributed by atoms with Gasteiger partial charge in [-0.15, -0.1) is 15.3 Å². The van der Waals surface area contributed by atoms with E-state index in [4.69, 9.17) is 0 Å². The van der Waals surface area contributed by atoms with E-state index in [1.807, 2.05) is 19.0 Å². The number of anilines is 1. The fourth-order valence-corrected chi connectivity index (χ4v) is 2.98. The van der Waals surface area contributed by atoms with Crippen molar-refractivity contribution in [3.8, 4) is 0 Å². The van der Waals surface area contributed by atoms with Crippen LogP contribution in [-0.2, 0) is 6.18 Å². The van der Waals surface area contributed by atoms with Crippen LogP contribution in [0.5, 0.6) is 0 Å². The molecule has 10 heteroatoms. The number of nitrogens with one attached hydrogen (secondary N) is 1. The number of aromatic nitrogens is 4. The molecule has 3 rings (SSSR count). The van der Waals surface area contributed by atoms with Crippen LogP contribution in [0.2, 0.25) is 0 Å². The van der Waals surface area contributed by atoms with E-state index in [0.29, 0.717) is 28.0 Å². The summed E-state index contributed by atoms with van der Waals surface area (Å²) in [5.74, 6) is -1.24. The zero-order valence-electron chi connectivity index (χ0n) is 15.8. The van der Waals surface area contributed by atoms with Crippen molar-refractivity contribution in [3.63, 3.8) is 0 Å². The van der Waals surface area contributed by atoms with Crippen LogP contribution in [0.1, 0.15) is 28.6 Å². The molecule has 1 atom stereocenters. The van der Waals surface area contributed by atoms with Gasteiger partial charge >= 0.3 is 6.18 Å². The first-order chi connectivity index (χ1) is 13.1. The van der Waals surface area contributed by atoms with Crippen molar-refractivity contribution in [2.75, 3.05) is 26.0 Å². The van der Waals surface area contributed by atoms with Crippen LogP contribution in [0.4, 0.5) is 23.4 Å². The number of halogens is 4. The molecule has 3 aromatic rings. The van der Waals surface area contributed by atoms with Gasteiger partial charge < -0.3 is 10.2 Å². The summed E-state index contributed by atoms with van der Waals surface area (Å²) in [6.07, 6.45) is -4.67. The Bertz CT molecular complexity index is 996. The van der Waals surface area contributed by atoms with E-state index in [9.17, 15) is 17.6 Å². The predicted octanol–water partition coefficient (Wildman–Crippen LogP) is 3.61. The van der Waals surface area contributed by atoms with Crippen molar-refractivity contribution in [3.05, 3.63) is 52.6 Å². The van der Waals surface area contributed by atoms with Gasteiger partial charge in [-0.1, -0.05) is 12.1 Å². The average Bonchev–Trinajstić information content (AvgIpc) is 3.03. The Kier molecular flexibility index (Phi) is 5.24. The van der Waals surface area contributed by atoms with Gasteiger partial charge in [0.15, 0.2) is 5.65 Å². The van der Waals surface area contributed by atoms with Gasteiger partial charge in [-0.2, -0.15) is 17.7 Å². The van der Waals surface area contributed by atoms with Crippen LogP contribution in [0, 0.1) is 19.7 Å². The molecule has 150 valence electrons.